The number of unbranched alkanes of at least 4 members (excludes halogenated alkanes) is 1. The van der Waals surface area contributed by atoms with Crippen molar-refractivity contribution in [1.29, 1.82) is 0 Å². The summed E-state index contributed by atoms with van der Waals surface area (Å²) in [6.45, 7) is 8.65. The first-order chi connectivity index (χ1) is 17.0. The molecule has 198 valence electrons. The molecular weight excluding hydrogens is 546 g/mol. The Kier molecular flexibility index (Phi) is 7.98. The van der Waals surface area contributed by atoms with Crippen LogP contribution in [0.2, 0.25) is 0 Å². The zero-order valence-corrected chi connectivity index (χ0v) is 23.7. The Morgan fingerprint density at radius 3 is 2.53 bits per heavy atom. The lowest BCUT2D eigenvalue weighted by Crippen LogP contribution is -2.57. The molecule has 3 aliphatic heterocycles. The van der Waals surface area contributed by atoms with E-state index in [2.05, 4.69) is 26.6 Å². The Hall–Kier alpha value is -1.78. The topological polar surface area (TPSA) is 108 Å². The van der Waals surface area contributed by atoms with E-state index in [0.717, 1.165) is 5.75 Å². The summed E-state index contributed by atoms with van der Waals surface area (Å²) < 4.78 is 4.81. The molecule has 10 heteroatoms. The van der Waals surface area contributed by atoms with Gasteiger partial charge < -0.3 is 25.4 Å². The molecule has 4 rings (SSSR count). The third-order valence-corrected chi connectivity index (χ3v) is 10.3. The normalized spacial score (nSPS) is 30.9. The molecule has 1 spiro atoms. The number of hydrogen-bond acceptors (Lipinski definition) is 6. The van der Waals surface area contributed by atoms with Crippen molar-refractivity contribution < 1.29 is 24.2 Å². The molecule has 3 N–H and O–H groups in total. The summed E-state index contributed by atoms with van der Waals surface area (Å²) in [4.78, 5) is 42.9. The maximum atomic E-state index is 13.9. The van der Waals surface area contributed by atoms with Gasteiger partial charge in [-0.05, 0) is 71.2 Å². The highest BCUT2D eigenvalue weighted by atomic mass is 79.9. The minimum absolute atomic E-state index is 0.0185. The first-order valence-electron chi connectivity index (χ1n) is 12.6. The van der Waals surface area contributed by atoms with Gasteiger partial charge in [-0.15, -0.1) is 11.8 Å². The number of fused-ring (bicyclic) bond motifs is 1. The van der Waals surface area contributed by atoms with Crippen LogP contribution in [-0.4, -0.2) is 73.9 Å². The number of benzene rings is 1. The van der Waals surface area contributed by atoms with Crippen LogP contribution in [-0.2, 0) is 14.4 Å². The molecule has 0 saturated carbocycles. The van der Waals surface area contributed by atoms with Crippen molar-refractivity contribution in [3.63, 3.8) is 0 Å². The summed E-state index contributed by atoms with van der Waals surface area (Å²) >= 11 is 5.40. The van der Waals surface area contributed by atoms with Crippen LogP contribution in [0.1, 0.15) is 47.0 Å². The number of carbonyl (C=O) groups is 3. The summed E-state index contributed by atoms with van der Waals surface area (Å²) in [5.74, 6) is -0.921. The van der Waals surface area contributed by atoms with Crippen LogP contribution in [0.3, 0.4) is 0 Å². The van der Waals surface area contributed by atoms with E-state index in [1.165, 1.54) is 0 Å². The Labute approximate surface area is 225 Å². The summed E-state index contributed by atoms with van der Waals surface area (Å²) in [7, 11) is 0. The zero-order chi connectivity index (χ0) is 26.3. The lowest BCUT2D eigenvalue weighted by Gasteiger charge is -2.36. The number of aliphatic hydroxyl groups excluding tert-OH is 1. The van der Waals surface area contributed by atoms with Gasteiger partial charge in [0.05, 0.1) is 23.2 Å². The van der Waals surface area contributed by atoms with Crippen molar-refractivity contribution in [2.24, 2.45) is 11.8 Å². The summed E-state index contributed by atoms with van der Waals surface area (Å²) in [6.07, 6.45) is 1.79. The van der Waals surface area contributed by atoms with Gasteiger partial charge >= 0.3 is 0 Å². The first kappa shape index (κ1) is 27.3. The fourth-order valence-electron chi connectivity index (χ4n) is 5.83. The van der Waals surface area contributed by atoms with Gasteiger partial charge in [0.2, 0.25) is 17.7 Å². The van der Waals surface area contributed by atoms with Crippen molar-refractivity contribution in [1.82, 2.24) is 10.2 Å². The maximum absolute atomic E-state index is 13.9. The number of aliphatic hydroxyl groups is 1. The smallest absolute Gasteiger partial charge is 0.244 e. The number of nitrogens with zero attached hydrogens (tertiary/aromatic N) is 1. The number of amides is 3. The van der Waals surface area contributed by atoms with E-state index in [-0.39, 0.29) is 34.4 Å². The molecule has 36 heavy (non-hydrogen) atoms. The molecule has 3 fully saturated rings. The second-order valence-electron chi connectivity index (χ2n) is 10.8. The molecule has 3 unspecified atom stereocenters. The number of likely N-dealkylation sites (tertiary alicyclic amines) is 1. The first-order valence-corrected chi connectivity index (χ1v) is 14.4. The molecule has 3 amide bonds. The van der Waals surface area contributed by atoms with Gasteiger partial charge in [0.15, 0.2) is 0 Å². The third kappa shape index (κ3) is 5.00. The van der Waals surface area contributed by atoms with Crippen LogP contribution in [0.25, 0.3) is 0 Å². The second-order valence-corrected chi connectivity index (χ2v) is 13.5. The monoisotopic (exact) mass is 581 g/mol. The second kappa shape index (κ2) is 10.5. The van der Waals surface area contributed by atoms with E-state index in [1.807, 2.05) is 27.7 Å². The van der Waals surface area contributed by atoms with E-state index in [1.54, 1.807) is 40.9 Å². The molecule has 3 saturated heterocycles. The van der Waals surface area contributed by atoms with Crippen LogP contribution in [0, 0.1) is 11.8 Å². The highest BCUT2D eigenvalue weighted by Gasteiger charge is 2.75. The molecule has 8 nitrogen and oxygen atoms in total. The number of rotatable bonds is 9. The molecule has 1 aromatic carbocycles. The predicted octanol–water partition coefficient (Wildman–Crippen LogP) is 3.18. The largest absolute Gasteiger partial charge is 0.494 e. The Bertz CT molecular complexity index is 1000. The number of hydrogen-bond donors (Lipinski definition) is 3. The highest BCUT2D eigenvalue weighted by Crippen LogP contribution is 2.67. The van der Waals surface area contributed by atoms with Gasteiger partial charge in [0, 0.05) is 34.5 Å². The molecule has 1 aromatic rings. The standard InChI is InChI=1S/C26H36BrN3O5S/c1-5-35-16-10-8-15(9-11-16)28-22(32)18-19-24(34)30(12-6-7-13-31)21(23(33)29-25(2,3)4)26(19)14-17(27)20(18)36-26/h8-11,17-21,31H,5-7,12-14H2,1-4H3,(H,28,32)(H,29,33)/t17?,18-,19-,20-,21?,26?/m0/s1. The van der Waals surface area contributed by atoms with Gasteiger partial charge in [0.25, 0.3) is 0 Å². The van der Waals surface area contributed by atoms with E-state index in [9.17, 15) is 19.5 Å². The lowest BCUT2D eigenvalue weighted by atomic mass is 9.70. The number of alkyl halides is 1. The number of nitrogens with one attached hydrogen (secondary N) is 2. The van der Waals surface area contributed by atoms with Gasteiger partial charge in [-0.3, -0.25) is 14.4 Å². The van der Waals surface area contributed by atoms with Gasteiger partial charge in [0.1, 0.15) is 11.8 Å². The number of anilines is 1. The summed E-state index contributed by atoms with van der Waals surface area (Å²) in [5.41, 5.74) is 0.189. The average molecular weight is 583 g/mol. The number of carbonyl (C=O) groups excluding carboxylic acids is 3. The maximum Gasteiger partial charge on any atom is 0.244 e. The van der Waals surface area contributed by atoms with Gasteiger partial charge in [-0.25, -0.2) is 0 Å². The quantitative estimate of drug-likeness (QED) is 0.305. The lowest BCUT2D eigenvalue weighted by molar-refractivity contribution is -0.139. The van der Waals surface area contributed by atoms with E-state index in [0.29, 0.717) is 38.1 Å². The van der Waals surface area contributed by atoms with Crippen LogP contribution in [0.4, 0.5) is 5.69 Å². The van der Waals surface area contributed by atoms with Crippen molar-refractivity contribution in [2.75, 3.05) is 25.1 Å². The van der Waals surface area contributed by atoms with Crippen LogP contribution in [0.5, 0.6) is 5.75 Å². The molecule has 0 aromatic heterocycles. The molecule has 3 aliphatic rings. The fraction of sp³-hybridized carbons (Fsp3) is 0.654. The highest BCUT2D eigenvalue weighted by molar-refractivity contribution is 9.09. The van der Waals surface area contributed by atoms with Crippen molar-refractivity contribution in [3.05, 3.63) is 24.3 Å². The summed E-state index contributed by atoms with van der Waals surface area (Å²) in [6, 6.07) is 6.54. The van der Waals surface area contributed by atoms with Crippen LogP contribution >= 0.6 is 27.7 Å². The van der Waals surface area contributed by atoms with E-state index >= 15 is 0 Å². The predicted molar refractivity (Wildman–Crippen MR) is 144 cm³/mol. The summed E-state index contributed by atoms with van der Waals surface area (Å²) in [5, 5.41) is 15.3. The molecule has 0 aliphatic carbocycles. The molecular formula is C26H36BrN3O5S. The Balaban J connectivity index is 1.63. The SMILES string of the molecule is CCOc1ccc(NC(=O)[C@H]2[C@H]3C(=O)N(CCCCO)C(C(=O)NC(C)(C)C)C34CC(Br)[C@@H]2S4)cc1. The Morgan fingerprint density at radius 1 is 1.22 bits per heavy atom. The van der Waals surface area contributed by atoms with Crippen molar-refractivity contribution >= 4 is 51.1 Å². The van der Waals surface area contributed by atoms with E-state index < -0.39 is 28.2 Å². The fourth-order valence-corrected chi connectivity index (χ4v) is 9.44. The Morgan fingerprint density at radius 2 is 1.92 bits per heavy atom. The molecule has 6 atom stereocenters. The number of ether oxygens (including phenoxy) is 1. The zero-order valence-electron chi connectivity index (χ0n) is 21.3. The van der Waals surface area contributed by atoms with Crippen LogP contribution < -0.4 is 15.4 Å². The minimum atomic E-state index is -0.675. The van der Waals surface area contributed by atoms with Gasteiger partial charge in [-0.1, -0.05) is 15.9 Å². The average Bonchev–Trinajstić information content (AvgIpc) is 3.38. The third-order valence-electron chi connectivity index (χ3n) is 7.08. The number of halogens is 1. The van der Waals surface area contributed by atoms with Crippen molar-refractivity contribution in [2.45, 2.75) is 73.4 Å². The van der Waals surface area contributed by atoms with Crippen LogP contribution in [0.15, 0.2) is 24.3 Å². The number of thioether (sulfide) groups is 1. The minimum Gasteiger partial charge on any atom is -0.494 e. The van der Waals surface area contributed by atoms with Crippen molar-refractivity contribution in [3.8, 4) is 5.75 Å². The van der Waals surface area contributed by atoms with E-state index in [4.69, 9.17) is 4.74 Å². The molecule has 0 radical (unpaired) electrons. The van der Waals surface area contributed by atoms with Gasteiger partial charge in [-0.2, -0.15) is 0 Å². The molecule has 2 bridgehead atoms. The molecule has 3 heterocycles.